The van der Waals surface area contributed by atoms with E-state index in [0.717, 1.165) is 77.0 Å². The number of hydrogen-bond acceptors (Lipinski definition) is 5. The zero-order valence-corrected chi connectivity index (χ0v) is 51.9. The van der Waals surface area contributed by atoms with E-state index < -0.39 is 6.10 Å². The Balaban J connectivity index is 3.43. The van der Waals surface area contributed by atoms with Crippen LogP contribution in [0.1, 0.15) is 348 Å². The van der Waals surface area contributed by atoms with E-state index in [-0.39, 0.29) is 25.2 Å². The van der Waals surface area contributed by atoms with Crippen LogP contribution in [-0.2, 0) is 19.1 Å². The van der Waals surface area contributed by atoms with E-state index in [1.54, 1.807) is 0 Å². The minimum absolute atomic E-state index is 0.0644. The smallest absolute Gasteiger partial charge is 0.306 e. The van der Waals surface area contributed by atoms with Gasteiger partial charge in [0.2, 0.25) is 0 Å². The van der Waals surface area contributed by atoms with Gasteiger partial charge < -0.3 is 14.6 Å². The maximum Gasteiger partial charge on any atom is 0.306 e. The number of ether oxygens (including phenoxy) is 2. The molecule has 0 radical (unpaired) electrons. The van der Waals surface area contributed by atoms with Crippen molar-refractivity contribution in [3.05, 3.63) is 85.1 Å². The number of carbonyl (C=O) groups excluding carboxylic acids is 2. The van der Waals surface area contributed by atoms with Gasteiger partial charge in [-0.1, -0.05) is 330 Å². The molecule has 5 heteroatoms. The Morgan fingerprint density at radius 2 is 0.551 bits per heavy atom. The lowest BCUT2D eigenvalue weighted by atomic mass is 10.0. The van der Waals surface area contributed by atoms with Crippen LogP contribution in [0.25, 0.3) is 0 Å². The van der Waals surface area contributed by atoms with Gasteiger partial charge >= 0.3 is 11.9 Å². The SMILES string of the molecule is CC/C=C\C/C=C\C/C=C\C/C=C\CCCCCCCCCCCCCCCCCCCCCCCCC(=O)OC(CO)COC(=O)CCCCCCCCCCCCCCCC/C=C\C/C=C\C/C=C\CCCCCCC. The molecule has 0 saturated heterocycles. The predicted molar refractivity (Wildman–Crippen MR) is 343 cm³/mol. The van der Waals surface area contributed by atoms with E-state index in [1.807, 2.05) is 0 Å². The quantitative estimate of drug-likeness (QED) is 0.0373. The molecule has 0 heterocycles. The van der Waals surface area contributed by atoms with Crippen molar-refractivity contribution in [2.75, 3.05) is 13.2 Å². The molecule has 0 aromatic rings. The highest BCUT2D eigenvalue weighted by Gasteiger charge is 2.16. The molecule has 1 unspecified atom stereocenters. The Morgan fingerprint density at radius 3 is 0.833 bits per heavy atom. The molecule has 0 fully saturated rings. The third-order valence-corrected chi connectivity index (χ3v) is 15.2. The molecule has 0 saturated carbocycles. The number of aliphatic hydroxyl groups excluding tert-OH is 1. The first-order valence-corrected chi connectivity index (χ1v) is 34.1. The molecule has 0 aliphatic carbocycles. The topological polar surface area (TPSA) is 72.8 Å². The van der Waals surface area contributed by atoms with Gasteiger partial charge in [-0.25, -0.2) is 0 Å². The molecule has 0 rings (SSSR count). The summed E-state index contributed by atoms with van der Waals surface area (Å²) in [5.74, 6) is -0.576. The Bertz CT molecular complexity index is 1420. The van der Waals surface area contributed by atoms with Gasteiger partial charge in [0.05, 0.1) is 6.61 Å². The summed E-state index contributed by atoms with van der Waals surface area (Å²) in [5.41, 5.74) is 0. The summed E-state index contributed by atoms with van der Waals surface area (Å²) in [6.45, 7) is 4.06. The van der Waals surface area contributed by atoms with Crippen molar-refractivity contribution >= 4 is 11.9 Å². The minimum Gasteiger partial charge on any atom is -0.462 e. The summed E-state index contributed by atoms with van der Waals surface area (Å²) in [6, 6.07) is 0. The summed E-state index contributed by atoms with van der Waals surface area (Å²) in [6.07, 6.45) is 96.1. The van der Waals surface area contributed by atoms with Crippen molar-refractivity contribution in [2.45, 2.75) is 354 Å². The molecule has 1 N–H and O–H groups in total. The molecule has 0 bridgehead atoms. The third-order valence-electron chi connectivity index (χ3n) is 15.2. The van der Waals surface area contributed by atoms with Gasteiger partial charge in [-0.3, -0.25) is 9.59 Å². The van der Waals surface area contributed by atoms with Crippen molar-refractivity contribution < 1.29 is 24.2 Å². The van der Waals surface area contributed by atoms with Crippen LogP contribution in [0.15, 0.2) is 85.1 Å². The number of unbranched alkanes of at least 4 members (excludes halogenated alkanes) is 41. The Morgan fingerprint density at radius 1 is 0.308 bits per heavy atom. The summed E-state index contributed by atoms with van der Waals surface area (Å²) in [7, 11) is 0. The number of hydrogen-bond donors (Lipinski definition) is 1. The molecule has 78 heavy (non-hydrogen) atoms. The zero-order chi connectivity index (χ0) is 56.2. The van der Waals surface area contributed by atoms with Gasteiger partial charge in [0, 0.05) is 12.8 Å². The number of carbonyl (C=O) groups is 2. The molecule has 452 valence electrons. The lowest BCUT2D eigenvalue weighted by molar-refractivity contribution is -0.161. The van der Waals surface area contributed by atoms with Crippen molar-refractivity contribution in [1.29, 1.82) is 0 Å². The van der Waals surface area contributed by atoms with E-state index in [1.165, 1.54) is 244 Å². The summed E-state index contributed by atoms with van der Waals surface area (Å²) >= 11 is 0. The number of rotatable bonds is 63. The van der Waals surface area contributed by atoms with Crippen molar-refractivity contribution in [2.24, 2.45) is 0 Å². The van der Waals surface area contributed by atoms with Crippen LogP contribution in [0.2, 0.25) is 0 Å². The molecule has 1 atom stereocenters. The van der Waals surface area contributed by atoms with Crippen molar-refractivity contribution in [3.8, 4) is 0 Å². The maximum atomic E-state index is 12.4. The van der Waals surface area contributed by atoms with Gasteiger partial charge in [0.25, 0.3) is 0 Å². The van der Waals surface area contributed by atoms with Gasteiger partial charge in [-0.2, -0.15) is 0 Å². The fourth-order valence-electron chi connectivity index (χ4n) is 10.1. The van der Waals surface area contributed by atoms with Gasteiger partial charge in [-0.05, 0) is 89.9 Å². The molecule has 0 aromatic heterocycles. The van der Waals surface area contributed by atoms with Crippen LogP contribution in [0, 0.1) is 0 Å². The monoisotopic (exact) mass is 1090 g/mol. The van der Waals surface area contributed by atoms with Crippen LogP contribution in [0.3, 0.4) is 0 Å². The molecule has 0 aliphatic heterocycles. The maximum absolute atomic E-state index is 12.4. The first kappa shape index (κ1) is 75.1. The van der Waals surface area contributed by atoms with Crippen molar-refractivity contribution in [1.82, 2.24) is 0 Å². The number of esters is 2. The van der Waals surface area contributed by atoms with Gasteiger partial charge in [0.15, 0.2) is 6.10 Å². The lowest BCUT2D eigenvalue weighted by Gasteiger charge is -2.15. The third kappa shape index (κ3) is 65.6. The molecular weight excluding hydrogens is 957 g/mol. The number of allylic oxidation sites excluding steroid dienone is 14. The molecular formula is C73H130O5. The molecule has 0 amide bonds. The first-order chi connectivity index (χ1) is 38.6. The van der Waals surface area contributed by atoms with E-state index >= 15 is 0 Å². The van der Waals surface area contributed by atoms with E-state index in [2.05, 4.69) is 98.9 Å². The highest BCUT2D eigenvalue weighted by molar-refractivity contribution is 5.70. The second-order valence-electron chi connectivity index (χ2n) is 22.9. The van der Waals surface area contributed by atoms with E-state index in [9.17, 15) is 14.7 Å². The highest BCUT2D eigenvalue weighted by atomic mass is 16.6. The summed E-state index contributed by atoms with van der Waals surface area (Å²) in [5, 5.41) is 9.70. The standard InChI is InChI=1S/C73H130O5/c1-3-5-7-9-11-13-15-17-19-21-23-25-27-29-31-33-34-35-36-37-38-40-42-44-46-48-50-52-54-56-58-60-62-64-66-68-73(76)78-71(69-74)70-77-72(75)67-65-63-61-59-57-55-53-51-49-47-45-43-41-39-32-30-28-26-24-22-20-18-16-14-12-10-8-6-4-2/h5,7,11,13,16-19,22-25,28,30,71,74H,3-4,6,8-10,12,14-15,20-21,26-27,29,31-70H2,1-2H3/b7-5-,13-11-,18-16-,19-17-,24-22-,25-23-,30-28-. The predicted octanol–water partition coefficient (Wildman–Crippen LogP) is 23.7. The Labute approximate surface area is 486 Å². The Kier molecular flexibility index (Phi) is 65.8. The number of aliphatic hydroxyl groups is 1. The first-order valence-electron chi connectivity index (χ1n) is 34.1. The van der Waals surface area contributed by atoms with Crippen LogP contribution in [0.5, 0.6) is 0 Å². The fourth-order valence-corrected chi connectivity index (χ4v) is 10.1. The van der Waals surface area contributed by atoms with Gasteiger partial charge in [-0.15, -0.1) is 0 Å². The molecule has 0 aliphatic rings. The molecule has 0 spiro atoms. The van der Waals surface area contributed by atoms with Gasteiger partial charge in [0.1, 0.15) is 6.61 Å². The lowest BCUT2D eigenvalue weighted by Crippen LogP contribution is -2.28. The normalized spacial score (nSPS) is 12.7. The summed E-state index contributed by atoms with van der Waals surface area (Å²) < 4.78 is 10.8. The molecule has 5 nitrogen and oxygen atoms in total. The average molecular weight is 1090 g/mol. The van der Waals surface area contributed by atoms with Crippen LogP contribution < -0.4 is 0 Å². The zero-order valence-electron chi connectivity index (χ0n) is 51.9. The fraction of sp³-hybridized carbons (Fsp3) is 0.781. The van der Waals surface area contributed by atoms with E-state index in [4.69, 9.17) is 9.47 Å². The van der Waals surface area contributed by atoms with Crippen LogP contribution in [-0.4, -0.2) is 36.4 Å². The Hall–Kier alpha value is -2.92. The summed E-state index contributed by atoms with van der Waals surface area (Å²) in [4.78, 5) is 24.6. The van der Waals surface area contributed by atoms with Crippen LogP contribution in [0.4, 0.5) is 0 Å². The second-order valence-corrected chi connectivity index (χ2v) is 22.9. The van der Waals surface area contributed by atoms with Crippen LogP contribution >= 0.6 is 0 Å². The molecule has 0 aromatic carbocycles. The van der Waals surface area contributed by atoms with E-state index in [0.29, 0.717) is 12.8 Å². The van der Waals surface area contributed by atoms with Crippen molar-refractivity contribution in [3.63, 3.8) is 0 Å². The highest BCUT2D eigenvalue weighted by Crippen LogP contribution is 2.18. The minimum atomic E-state index is -0.775. The largest absolute Gasteiger partial charge is 0.462 e. The second kappa shape index (κ2) is 68.4. The average Bonchev–Trinajstić information content (AvgIpc) is 3.44.